The monoisotopic (exact) mass is 250 g/mol. The Morgan fingerprint density at radius 1 is 1.16 bits per heavy atom. The van der Waals surface area contributed by atoms with E-state index in [1.807, 2.05) is 12.1 Å². The van der Waals surface area contributed by atoms with Crippen LogP contribution in [0.1, 0.15) is 17.0 Å². The maximum Gasteiger partial charge on any atom is 0.346 e. The molecule has 0 amide bonds. The molecule has 1 aromatic carbocycles. The molecule has 0 atom stereocenters. The summed E-state index contributed by atoms with van der Waals surface area (Å²) in [4.78, 5) is 16.3. The first kappa shape index (κ1) is 11.4. The molecule has 0 saturated heterocycles. The zero-order valence-corrected chi connectivity index (χ0v) is 10.5. The summed E-state index contributed by atoms with van der Waals surface area (Å²) in [6.07, 6.45) is 0. The highest BCUT2D eigenvalue weighted by molar-refractivity contribution is 6.08. The summed E-state index contributed by atoms with van der Waals surface area (Å²) in [5.41, 5.74) is 1.69. The van der Waals surface area contributed by atoms with E-state index in [2.05, 4.69) is 11.1 Å². The molecule has 0 N–H and O–H groups in total. The highest BCUT2D eigenvalue weighted by Gasteiger charge is 2.16. The van der Waals surface area contributed by atoms with Crippen LogP contribution in [0.2, 0.25) is 0 Å². The number of nitrogens with zero attached hydrogens (tertiary/aromatic N) is 2. The number of para-hydroxylation sites is 1. The number of aromatic nitrogens is 1. The summed E-state index contributed by atoms with van der Waals surface area (Å²) >= 11 is 0. The first-order valence-electron chi connectivity index (χ1n) is 5.86. The molecule has 0 radical (unpaired) electrons. The van der Waals surface area contributed by atoms with Crippen molar-refractivity contribution in [3.05, 3.63) is 51.6 Å². The number of hydrogen-bond acceptors (Lipinski definition) is 4. The molecule has 0 unspecified atom stereocenters. The van der Waals surface area contributed by atoms with E-state index in [9.17, 15) is 10.1 Å². The summed E-state index contributed by atoms with van der Waals surface area (Å²) < 4.78 is 5.29. The molecular formula is C15H10N2O2. The van der Waals surface area contributed by atoms with Gasteiger partial charge in [-0.2, -0.15) is 5.26 Å². The predicted molar refractivity (Wildman–Crippen MR) is 72.0 cm³/mol. The molecule has 0 aliphatic heterocycles. The molecule has 0 aliphatic carbocycles. The average molecular weight is 250 g/mol. The van der Waals surface area contributed by atoms with Crippen LogP contribution < -0.4 is 5.63 Å². The molecule has 2 heterocycles. The van der Waals surface area contributed by atoms with E-state index in [-0.39, 0.29) is 0 Å². The third-order valence-electron chi connectivity index (χ3n) is 3.23. The summed E-state index contributed by atoms with van der Waals surface area (Å²) in [5, 5.41) is 11.1. The lowest BCUT2D eigenvalue weighted by atomic mass is 10.0. The largest absolute Gasteiger partial charge is 0.422 e. The summed E-state index contributed by atoms with van der Waals surface area (Å²) in [6.45, 7) is 3.52. The number of hydrogen-bond donors (Lipinski definition) is 0. The molecule has 92 valence electrons. The van der Waals surface area contributed by atoms with Crippen molar-refractivity contribution < 1.29 is 4.42 Å². The molecule has 0 aliphatic rings. The van der Waals surface area contributed by atoms with Gasteiger partial charge >= 0.3 is 5.63 Å². The first-order valence-corrected chi connectivity index (χ1v) is 5.86. The third-order valence-corrected chi connectivity index (χ3v) is 3.23. The molecule has 2 aromatic heterocycles. The number of nitriles is 1. The molecule has 0 bridgehead atoms. The number of rotatable bonds is 0. The van der Waals surface area contributed by atoms with Crippen molar-refractivity contribution in [1.82, 2.24) is 4.98 Å². The summed E-state index contributed by atoms with van der Waals surface area (Å²) in [5.74, 6) is 0. The van der Waals surface area contributed by atoms with Crippen molar-refractivity contribution in [2.24, 2.45) is 0 Å². The second kappa shape index (κ2) is 3.92. The Morgan fingerprint density at radius 2 is 1.89 bits per heavy atom. The molecule has 19 heavy (non-hydrogen) atoms. The van der Waals surface area contributed by atoms with Gasteiger partial charge in [-0.25, -0.2) is 4.79 Å². The van der Waals surface area contributed by atoms with Crippen LogP contribution in [0, 0.1) is 25.2 Å². The lowest BCUT2D eigenvalue weighted by molar-refractivity contribution is 0.569. The average Bonchev–Trinajstić information content (AvgIpc) is 2.38. The van der Waals surface area contributed by atoms with E-state index in [1.165, 1.54) is 0 Å². The van der Waals surface area contributed by atoms with Gasteiger partial charge < -0.3 is 4.42 Å². The third kappa shape index (κ3) is 1.52. The maximum absolute atomic E-state index is 12.1. The molecule has 0 saturated carbocycles. The van der Waals surface area contributed by atoms with Crippen LogP contribution in [0.3, 0.4) is 0 Å². The number of benzene rings is 1. The van der Waals surface area contributed by atoms with Gasteiger partial charge in [-0.3, -0.25) is 4.98 Å². The van der Waals surface area contributed by atoms with Crippen LogP contribution in [0.25, 0.3) is 21.7 Å². The Morgan fingerprint density at radius 3 is 2.63 bits per heavy atom. The maximum atomic E-state index is 12.1. The minimum absolute atomic E-state index is 0.390. The molecule has 4 nitrogen and oxygen atoms in total. The van der Waals surface area contributed by atoms with Crippen LogP contribution in [-0.2, 0) is 0 Å². The Labute approximate surface area is 108 Å². The highest BCUT2D eigenvalue weighted by Crippen LogP contribution is 2.28. The van der Waals surface area contributed by atoms with Crippen LogP contribution in [0.4, 0.5) is 0 Å². The minimum atomic E-state index is -0.449. The van der Waals surface area contributed by atoms with E-state index in [0.29, 0.717) is 33.3 Å². The number of aryl methyl sites for hydroxylation is 2. The fraction of sp³-hybridized carbons (Fsp3) is 0.133. The Balaban J connectivity index is 2.78. The Bertz CT molecular complexity index is 917. The van der Waals surface area contributed by atoms with Gasteiger partial charge in [0.1, 0.15) is 11.7 Å². The van der Waals surface area contributed by atoms with Crippen molar-refractivity contribution in [3.63, 3.8) is 0 Å². The van der Waals surface area contributed by atoms with Gasteiger partial charge in [-0.1, -0.05) is 18.2 Å². The lowest BCUT2D eigenvalue weighted by Crippen LogP contribution is -2.06. The van der Waals surface area contributed by atoms with E-state index in [1.54, 1.807) is 26.0 Å². The van der Waals surface area contributed by atoms with Gasteiger partial charge in [-0.05, 0) is 19.9 Å². The fourth-order valence-electron chi connectivity index (χ4n) is 2.42. The van der Waals surface area contributed by atoms with Crippen molar-refractivity contribution in [1.29, 1.82) is 5.26 Å². The summed E-state index contributed by atoms with van der Waals surface area (Å²) in [6, 6.07) is 9.36. The molecule has 0 fully saturated rings. The molecular weight excluding hydrogens is 240 g/mol. The van der Waals surface area contributed by atoms with Gasteiger partial charge in [0.2, 0.25) is 0 Å². The quantitative estimate of drug-likeness (QED) is 0.454. The SMILES string of the molecule is Cc1nc(C)c2c(=O)oc3ccccc3c2c1C#N. The normalized spacial score (nSPS) is 10.8. The zero-order chi connectivity index (χ0) is 13.6. The highest BCUT2D eigenvalue weighted by atomic mass is 16.4. The summed E-state index contributed by atoms with van der Waals surface area (Å²) in [7, 11) is 0. The van der Waals surface area contributed by atoms with Crippen molar-refractivity contribution in [2.45, 2.75) is 13.8 Å². The lowest BCUT2D eigenvalue weighted by Gasteiger charge is -2.08. The van der Waals surface area contributed by atoms with Crippen LogP contribution in [-0.4, -0.2) is 4.98 Å². The van der Waals surface area contributed by atoms with E-state index < -0.39 is 5.63 Å². The van der Waals surface area contributed by atoms with Crippen molar-refractivity contribution in [3.8, 4) is 6.07 Å². The number of fused-ring (bicyclic) bond motifs is 3. The van der Waals surface area contributed by atoms with Gasteiger partial charge in [0.25, 0.3) is 0 Å². The van der Waals surface area contributed by atoms with E-state index in [4.69, 9.17) is 4.42 Å². The standard InChI is InChI=1S/C15H10N2O2/c1-8-11(7-16)14-10-5-3-4-6-12(10)19-15(18)13(14)9(2)17-8/h3-6H,1-2H3. The van der Waals surface area contributed by atoms with Gasteiger partial charge in [-0.15, -0.1) is 0 Å². The predicted octanol–water partition coefficient (Wildman–Crippen LogP) is 2.83. The zero-order valence-electron chi connectivity index (χ0n) is 10.5. The van der Waals surface area contributed by atoms with Crippen LogP contribution in [0.5, 0.6) is 0 Å². The second-order valence-corrected chi connectivity index (χ2v) is 4.41. The first-order chi connectivity index (χ1) is 9.13. The van der Waals surface area contributed by atoms with Gasteiger partial charge in [0, 0.05) is 10.8 Å². The topological polar surface area (TPSA) is 66.9 Å². The van der Waals surface area contributed by atoms with Crippen LogP contribution >= 0.6 is 0 Å². The molecule has 3 aromatic rings. The van der Waals surface area contributed by atoms with Crippen molar-refractivity contribution in [2.75, 3.05) is 0 Å². The smallest absolute Gasteiger partial charge is 0.346 e. The Hall–Kier alpha value is -2.67. The number of pyridine rings is 1. The van der Waals surface area contributed by atoms with Crippen molar-refractivity contribution >= 4 is 21.7 Å². The molecule has 4 heteroatoms. The minimum Gasteiger partial charge on any atom is -0.422 e. The van der Waals surface area contributed by atoms with Gasteiger partial charge in [0.15, 0.2) is 0 Å². The van der Waals surface area contributed by atoms with E-state index >= 15 is 0 Å². The Kier molecular flexibility index (Phi) is 2.36. The van der Waals surface area contributed by atoms with E-state index in [0.717, 1.165) is 5.39 Å². The molecule has 0 spiro atoms. The molecule has 3 rings (SSSR count). The second-order valence-electron chi connectivity index (χ2n) is 4.41. The van der Waals surface area contributed by atoms with Crippen LogP contribution in [0.15, 0.2) is 33.5 Å². The van der Waals surface area contributed by atoms with Gasteiger partial charge in [0.05, 0.1) is 22.3 Å². The fourth-order valence-corrected chi connectivity index (χ4v) is 2.42.